The van der Waals surface area contributed by atoms with Gasteiger partial charge in [0.2, 0.25) is 0 Å². The Hall–Kier alpha value is -3.44. The minimum atomic E-state index is -1.12. The highest BCUT2D eigenvalue weighted by molar-refractivity contribution is 5.97. The van der Waals surface area contributed by atoms with Gasteiger partial charge < -0.3 is 19.9 Å². The van der Waals surface area contributed by atoms with Crippen molar-refractivity contribution in [1.82, 2.24) is 10.2 Å². The molecule has 1 heterocycles. The summed E-state index contributed by atoms with van der Waals surface area (Å²) in [6.07, 6.45) is 2.55. The quantitative estimate of drug-likeness (QED) is 0.485. The first kappa shape index (κ1) is 25.2. The maximum Gasteiger partial charge on any atom is 0.331 e. The van der Waals surface area contributed by atoms with Gasteiger partial charge in [0.1, 0.15) is 0 Å². The van der Waals surface area contributed by atoms with Crippen molar-refractivity contribution in [2.75, 3.05) is 33.4 Å². The molecule has 2 N–H and O–H groups in total. The van der Waals surface area contributed by atoms with Crippen LogP contribution in [0.4, 0.5) is 0 Å². The summed E-state index contributed by atoms with van der Waals surface area (Å²) in [4.78, 5) is 26.4. The molecule has 0 bridgehead atoms. The number of morpholine rings is 1. The fourth-order valence-electron chi connectivity index (χ4n) is 3.45. The molecule has 7 heteroatoms. The van der Waals surface area contributed by atoms with Gasteiger partial charge in [-0.05, 0) is 54.5 Å². The number of nitrogens with zero attached hydrogens (tertiary/aromatic N) is 1. The van der Waals surface area contributed by atoms with E-state index in [0.29, 0.717) is 5.56 Å². The van der Waals surface area contributed by atoms with Crippen LogP contribution in [0.1, 0.15) is 34.0 Å². The SMILES string of the molecule is COC(=O)[C@@H](NC(=O)c1ccc(/C=C\C#Cc2ccc(CN3CCOCC3)cc2)cc1)[C@@H](C)O. The summed E-state index contributed by atoms with van der Waals surface area (Å²) in [5.74, 6) is 4.98. The minimum absolute atomic E-state index is 0.370. The smallest absolute Gasteiger partial charge is 0.331 e. The largest absolute Gasteiger partial charge is 0.467 e. The van der Waals surface area contributed by atoms with E-state index in [-0.39, 0.29) is 0 Å². The van der Waals surface area contributed by atoms with Gasteiger partial charge in [-0.3, -0.25) is 9.69 Å². The van der Waals surface area contributed by atoms with Gasteiger partial charge in [0, 0.05) is 30.8 Å². The van der Waals surface area contributed by atoms with Crippen molar-refractivity contribution in [2.24, 2.45) is 0 Å². The van der Waals surface area contributed by atoms with Crippen molar-refractivity contribution in [3.8, 4) is 11.8 Å². The van der Waals surface area contributed by atoms with E-state index in [1.54, 1.807) is 30.3 Å². The molecule has 2 atom stereocenters. The molecule has 2 aromatic rings. The lowest BCUT2D eigenvalue weighted by Crippen LogP contribution is -2.48. The van der Waals surface area contributed by atoms with Crippen LogP contribution in [0.3, 0.4) is 0 Å². The van der Waals surface area contributed by atoms with Crippen LogP contribution < -0.4 is 5.32 Å². The highest BCUT2D eigenvalue weighted by Gasteiger charge is 2.26. The van der Waals surface area contributed by atoms with E-state index in [4.69, 9.17) is 4.74 Å². The van der Waals surface area contributed by atoms with E-state index in [1.807, 2.05) is 18.2 Å². The lowest BCUT2D eigenvalue weighted by atomic mass is 10.1. The number of hydrogen-bond donors (Lipinski definition) is 2. The van der Waals surface area contributed by atoms with Gasteiger partial charge in [-0.15, -0.1) is 0 Å². The monoisotopic (exact) mass is 462 g/mol. The third-order valence-corrected chi connectivity index (χ3v) is 5.44. The van der Waals surface area contributed by atoms with Crippen molar-refractivity contribution >= 4 is 18.0 Å². The van der Waals surface area contributed by atoms with Crippen molar-refractivity contribution in [3.63, 3.8) is 0 Å². The fraction of sp³-hybridized carbons (Fsp3) is 0.333. The summed E-state index contributed by atoms with van der Waals surface area (Å²) >= 11 is 0. The number of benzene rings is 2. The molecule has 1 aliphatic heterocycles. The lowest BCUT2D eigenvalue weighted by molar-refractivity contribution is -0.145. The van der Waals surface area contributed by atoms with Gasteiger partial charge in [-0.1, -0.05) is 36.1 Å². The summed E-state index contributed by atoms with van der Waals surface area (Å²) in [6, 6.07) is 14.0. The van der Waals surface area contributed by atoms with E-state index in [1.165, 1.54) is 19.6 Å². The molecule has 178 valence electrons. The zero-order valence-corrected chi connectivity index (χ0v) is 19.5. The molecule has 0 aliphatic carbocycles. The number of esters is 1. The molecule has 34 heavy (non-hydrogen) atoms. The second kappa shape index (κ2) is 12.7. The molecule has 0 saturated carbocycles. The van der Waals surface area contributed by atoms with Gasteiger partial charge >= 0.3 is 5.97 Å². The number of carbonyl (C=O) groups excluding carboxylic acids is 2. The maximum atomic E-state index is 12.4. The van der Waals surface area contributed by atoms with Gasteiger partial charge in [-0.2, -0.15) is 0 Å². The number of hydrogen-bond acceptors (Lipinski definition) is 6. The Labute approximate surface area is 200 Å². The van der Waals surface area contributed by atoms with E-state index in [2.05, 4.69) is 38.9 Å². The maximum absolute atomic E-state index is 12.4. The number of allylic oxidation sites excluding steroid dienone is 1. The number of aliphatic hydroxyl groups is 1. The van der Waals surface area contributed by atoms with Crippen LogP contribution in [0, 0.1) is 11.8 Å². The molecule has 0 unspecified atom stereocenters. The van der Waals surface area contributed by atoms with Crippen molar-refractivity contribution < 1.29 is 24.2 Å². The van der Waals surface area contributed by atoms with E-state index >= 15 is 0 Å². The standard InChI is InChI=1S/C27H30N2O5/c1-20(30)25(27(32)33-2)28-26(31)24-13-11-22(12-14-24)6-4-3-5-21-7-9-23(10-8-21)19-29-15-17-34-18-16-29/h4,6-14,20,25,30H,15-19H2,1-2H3,(H,28,31)/b6-4-/t20-,25+/m1/s1. The minimum Gasteiger partial charge on any atom is -0.467 e. The molecule has 1 fully saturated rings. The molecule has 3 rings (SSSR count). The summed E-state index contributed by atoms with van der Waals surface area (Å²) in [5, 5.41) is 12.2. The Morgan fingerprint density at radius 3 is 2.44 bits per heavy atom. The summed E-state index contributed by atoms with van der Waals surface area (Å²) in [7, 11) is 1.20. The predicted molar refractivity (Wildman–Crippen MR) is 130 cm³/mol. The summed E-state index contributed by atoms with van der Waals surface area (Å²) in [6.45, 7) is 5.86. The highest BCUT2D eigenvalue weighted by Crippen LogP contribution is 2.10. The summed E-state index contributed by atoms with van der Waals surface area (Å²) in [5.41, 5.74) is 3.46. The zero-order valence-electron chi connectivity index (χ0n) is 19.5. The first-order valence-corrected chi connectivity index (χ1v) is 11.2. The Morgan fingerprint density at radius 2 is 1.82 bits per heavy atom. The van der Waals surface area contributed by atoms with Crippen molar-refractivity contribution in [3.05, 3.63) is 76.9 Å². The Kier molecular flexibility index (Phi) is 9.41. The van der Waals surface area contributed by atoms with Gasteiger partial charge in [0.25, 0.3) is 5.91 Å². The van der Waals surface area contributed by atoms with Crippen LogP contribution >= 0.6 is 0 Å². The second-order valence-electron chi connectivity index (χ2n) is 8.03. The molecular weight excluding hydrogens is 432 g/mol. The van der Waals surface area contributed by atoms with Gasteiger partial charge in [-0.25, -0.2) is 4.79 Å². The first-order valence-electron chi connectivity index (χ1n) is 11.2. The predicted octanol–water partition coefficient (Wildman–Crippen LogP) is 2.24. The molecule has 1 amide bonds. The van der Waals surface area contributed by atoms with Crippen molar-refractivity contribution in [2.45, 2.75) is 25.6 Å². The highest BCUT2D eigenvalue weighted by atomic mass is 16.5. The molecule has 1 aliphatic rings. The molecule has 2 aromatic carbocycles. The summed E-state index contributed by atoms with van der Waals surface area (Å²) < 4.78 is 10.00. The first-order chi connectivity index (χ1) is 16.5. The van der Waals surface area contributed by atoms with Gasteiger partial charge in [0.15, 0.2) is 6.04 Å². The number of aliphatic hydroxyl groups excluding tert-OH is 1. The third-order valence-electron chi connectivity index (χ3n) is 5.44. The number of rotatable bonds is 7. The number of methoxy groups -OCH3 is 1. The molecule has 1 saturated heterocycles. The van der Waals surface area contributed by atoms with Crippen LogP contribution in [0.25, 0.3) is 6.08 Å². The Bertz CT molecular complexity index is 1040. The number of carbonyl (C=O) groups is 2. The molecule has 7 nitrogen and oxygen atoms in total. The lowest BCUT2D eigenvalue weighted by Gasteiger charge is -2.26. The Morgan fingerprint density at radius 1 is 1.15 bits per heavy atom. The van der Waals surface area contributed by atoms with Crippen molar-refractivity contribution in [1.29, 1.82) is 0 Å². The number of amides is 1. The molecular formula is C27H30N2O5. The third kappa shape index (κ3) is 7.56. The van der Waals surface area contributed by atoms with E-state index in [9.17, 15) is 14.7 Å². The fourth-order valence-corrected chi connectivity index (χ4v) is 3.45. The molecule has 0 spiro atoms. The van der Waals surface area contributed by atoms with Crippen LogP contribution in [-0.2, 0) is 20.8 Å². The Balaban J connectivity index is 1.52. The average molecular weight is 463 g/mol. The van der Waals surface area contributed by atoms with Crippen LogP contribution in [0.5, 0.6) is 0 Å². The zero-order chi connectivity index (χ0) is 24.3. The van der Waals surface area contributed by atoms with Crippen LogP contribution in [0.2, 0.25) is 0 Å². The van der Waals surface area contributed by atoms with Crippen LogP contribution in [0.15, 0.2) is 54.6 Å². The number of ether oxygens (including phenoxy) is 2. The molecule has 0 radical (unpaired) electrons. The molecule has 0 aromatic heterocycles. The van der Waals surface area contributed by atoms with Crippen LogP contribution in [-0.4, -0.2) is 67.4 Å². The van der Waals surface area contributed by atoms with Gasteiger partial charge in [0.05, 0.1) is 26.4 Å². The average Bonchev–Trinajstić information content (AvgIpc) is 2.86. The second-order valence-corrected chi connectivity index (χ2v) is 8.03. The van der Waals surface area contributed by atoms with E-state index in [0.717, 1.165) is 44.0 Å². The topological polar surface area (TPSA) is 88.1 Å². The van der Waals surface area contributed by atoms with E-state index < -0.39 is 24.0 Å². The number of nitrogens with one attached hydrogen (secondary N) is 1. The normalized spacial score (nSPS) is 15.7.